The quantitative estimate of drug-likeness (QED) is 0.186. The van der Waals surface area contributed by atoms with Gasteiger partial charge < -0.3 is 9.64 Å². The van der Waals surface area contributed by atoms with Gasteiger partial charge in [-0.15, -0.1) is 0 Å². The molecule has 10 rings (SSSR count). The van der Waals surface area contributed by atoms with E-state index < -0.39 is 0 Å². The molecule has 0 spiro atoms. The van der Waals surface area contributed by atoms with Crippen LogP contribution in [-0.2, 0) is 10.8 Å². The van der Waals surface area contributed by atoms with Crippen LogP contribution in [0.15, 0.2) is 133 Å². The van der Waals surface area contributed by atoms with E-state index in [0.717, 1.165) is 5.75 Å². The highest BCUT2D eigenvalue weighted by Gasteiger charge is 2.42. The molecule has 1 heterocycles. The van der Waals surface area contributed by atoms with Crippen molar-refractivity contribution in [2.24, 2.45) is 0 Å². The van der Waals surface area contributed by atoms with Gasteiger partial charge in [-0.2, -0.15) is 0 Å². The molecule has 0 N–H and O–H groups in total. The molecule has 1 aliphatic heterocycles. The first-order valence-electron chi connectivity index (χ1n) is 18.5. The second-order valence-electron chi connectivity index (χ2n) is 16.3. The fourth-order valence-corrected chi connectivity index (χ4v) is 9.52. The molecule has 2 atom stereocenters. The molecule has 0 saturated heterocycles. The molecule has 2 unspecified atom stereocenters. The Bertz CT molecular complexity index is 2490. The Labute approximate surface area is 301 Å². The number of rotatable bonds is 4. The van der Waals surface area contributed by atoms with Crippen molar-refractivity contribution in [1.29, 1.82) is 0 Å². The third-order valence-electron chi connectivity index (χ3n) is 12.4. The SMILES string of the molecule is CC(C)c1ccc(N(c2ccc3cc4c(cc3c2)C(C)(C)c2cc3c(cc2-4)C(C)(C)c2ccccc2-3)C2C=CC=C3c4ccccc4OC32)cc1. The number of benzene rings is 6. The zero-order valence-corrected chi connectivity index (χ0v) is 30.3. The zero-order chi connectivity index (χ0) is 34.8. The molecule has 0 amide bonds. The van der Waals surface area contributed by atoms with Gasteiger partial charge >= 0.3 is 0 Å². The van der Waals surface area contributed by atoms with E-state index in [2.05, 4.69) is 180 Å². The maximum Gasteiger partial charge on any atom is 0.149 e. The lowest BCUT2D eigenvalue weighted by Crippen LogP contribution is -2.42. The molecule has 250 valence electrons. The van der Waals surface area contributed by atoms with Crippen LogP contribution in [0.5, 0.6) is 5.75 Å². The van der Waals surface area contributed by atoms with Gasteiger partial charge in [-0.05, 0) is 121 Å². The summed E-state index contributed by atoms with van der Waals surface area (Å²) in [4.78, 5) is 2.49. The van der Waals surface area contributed by atoms with Crippen LogP contribution in [0.4, 0.5) is 11.4 Å². The summed E-state index contributed by atoms with van der Waals surface area (Å²) in [7, 11) is 0. The number of ether oxygens (including phenoxy) is 1. The maximum absolute atomic E-state index is 6.73. The fourth-order valence-electron chi connectivity index (χ4n) is 9.52. The van der Waals surface area contributed by atoms with Crippen molar-refractivity contribution < 1.29 is 4.74 Å². The van der Waals surface area contributed by atoms with E-state index in [1.165, 1.54) is 83.4 Å². The monoisotopic (exact) mass is 661 g/mol. The van der Waals surface area contributed by atoms with Crippen LogP contribution in [0.2, 0.25) is 0 Å². The highest BCUT2D eigenvalue weighted by atomic mass is 16.5. The normalized spacial score (nSPS) is 19.5. The van der Waals surface area contributed by atoms with Crippen LogP contribution < -0.4 is 9.64 Å². The van der Waals surface area contributed by atoms with Crippen LogP contribution in [0.3, 0.4) is 0 Å². The molecule has 0 aromatic heterocycles. The molecule has 0 saturated carbocycles. The Hall–Kier alpha value is -5.34. The first-order chi connectivity index (χ1) is 24.6. The van der Waals surface area contributed by atoms with E-state index in [9.17, 15) is 0 Å². The summed E-state index contributed by atoms with van der Waals surface area (Å²) in [5.41, 5.74) is 17.2. The van der Waals surface area contributed by atoms with Gasteiger partial charge in [-0.3, -0.25) is 0 Å². The third kappa shape index (κ3) is 4.29. The molecule has 6 aromatic rings. The molecule has 2 heteroatoms. The topological polar surface area (TPSA) is 12.5 Å². The van der Waals surface area contributed by atoms with Crippen LogP contribution in [0.25, 0.3) is 38.6 Å². The summed E-state index contributed by atoms with van der Waals surface area (Å²) in [6.07, 6.45) is 6.65. The van der Waals surface area contributed by atoms with Crippen LogP contribution >= 0.6 is 0 Å². The minimum absolute atomic E-state index is 0.0107. The highest BCUT2D eigenvalue weighted by Crippen LogP contribution is 2.56. The molecule has 51 heavy (non-hydrogen) atoms. The summed E-state index contributed by atoms with van der Waals surface area (Å²) in [5.74, 6) is 1.44. The lowest BCUT2D eigenvalue weighted by molar-refractivity contribution is 0.258. The minimum Gasteiger partial charge on any atom is -0.483 e. The standard InChI is InChI=1S/C49H43NO/c1-29(2)30-18-21-33(22-19-30)50(45-16-11-14-37-36-13-8-10-17-46(36)51-47(37)45)34-23-20-31-25-38-40-28-43-39(35-12-7-9-15-41(35)48(43,3)4)27-44(40)49(5,6)42(38)26-32(31)24-34/h7-29,45,47H,1-6H3. The van der Waals surface area contributed by atoms with Crippen molar-refractivity contribution in [3.05, 3.63) is 167 Å². The Morgan fingerprint density at radius 2 is 1.20 bits per heavy atom. The van der Waals surface area contributed by atoms with Gasteiger partial charge in [-0.25, -0.2) is 0 Å². The van der Waals surface area contributed by atoms with Crippen molar-refractivity contribution >= 4 is 27.7 Å². The number of hydrogen-bond acceptors (Lipinski definition) is 2. The molecule has 3 aliphatic carbocycles. The number of hydrogen-bond donors (Lipinski definition) is 0. The Kier molecular flexibility index (Phi) is 6.33. The van der Waals surface area contributed by atoms with Crippen LogP contribution in [-0.4, -0.2) is 12.1 Å². The number of fused-ring (bicyclic) bond motifs is 10. The summed E-state index contributed by atoms with van der Waals surface area (Å²) in [6.45, 7) is 14.1. The second-order valence-corrected chi connectivity index (χ2v) is 16.3. The third-order valence-corrected chi connectivity index (χ3v) is 12.4. The first-order valence-corrected chi connectivity index (χ1v) is 18.5. The lowest BCUT2D eigenvalue weighted by atomic mass is 9.79. The molecule has 2 nitrogen and oxygen atoms in total. The van der Waals surface area contributed by atoms with Gasteiger partial charge in [0.05, 0.1) is 6.04 Å². The van der Waals surface area contributed by atoms with Crippen molar-refractivity contribution in [2.75, 3.05) is 4.90 Å². The van der Waals surface area contributed by atoms with E-state index in [4.69, 9.17) is 4.74 Å². The maximum atomic E-state index is 6.73. The summed E-state index contributed by atoms with van der Waals surface area (Å²) in [6, 6.07) is 43.5. The summed E-state index contributed by atoms with van der Waals surface area (Å²) >= 11 is 0. The fraction of sp³-hybridized carbons (Fsp3) is 0.224. The largest absolute Gasteiger partial charge is 0.483 e. The first kappa shape index (κ1) is 30.5. The van der Waals surface area contributed by atoms with Gasteiger partial charge in [0.15, 0.2) is 0 Å². The van der Waals surface area contributed by atoms with E-state index >= 15 is 0 Å². The molecule has 4 aliphatic rings. The number of para-hydroxylation sites is 1. The van der Waals surface area contributed by atoms with Gasteiger partial charge in [0.2, 0.25) is 0 Å². The molecule has 0 fully saturated rings. The molecule has 0 radical (unpaired) electrons. The Morgan fingerprint density at radius 3 is 1.96 bits per heavy atom. The van der Waals surface area contributed by atoms with Crippen molar-refractivity contribution in [3.8, 4) is 28.0 Å². The molecule has 0 bridgehead atoms. The van der Waals surface area contributed by atoms with E-state index in [1.807, 2.05) is 0 Å². The minimum atomic E-state index is -0.118. The average molecular weight is 662 g/mol. The lowest BCUT2D eigenvalue weighted by Gasteiger charge is -2.37. The van der Waals surface area contributed by atoms with Gasteiger partial charge in [0, 0.05) is 33.3 Å². The molecular weight excluding hydrogens is 619 g/mol. The van der Waals surface area contributed by atoms with Gasteiger partial charge in [-0.1, -0.05) is 120 Å². The molecule has 6 aromatic carbocycles. The summed E-state index contributed by atoms with van der Waals surface area (Å²) in [5, 5.41) is 2.53. The van der Waals surface area contributed by atoms with E-state index in [-0.39, 0.29) is 23.0 Å². The molecular formula is C49H43NO. The van der Waals surface area contributed by atoms with Crippen LogP contribution in [0.1, 0.15) is 80.8 Å². The number of nitrogens with zero attached hydrogens (tertiary/aromatic N) is 1. The average Bonchev–Trinajstić information content (AvgIpc) is 3.70. The zero-order valence-electron chi connectivity index (χ0n) is 30.3. The number of allylic oxidation sites excluding steroid dienone is 2. The predicted molar refractivity (Wildman–Crippen MR) is 214 cm³/mol. The predicted octanol–water partition coefficient (Wildman–Crippen LogP) is 12.5. The van der Waals surface area contributed by atoms with Gasteiger partial charge in [0.25, 0.3) is 0 Å². The Balaban J connectivity index is 1.10. The number of anilines is 2. The van der Waals surface area contributed by atoms with E-state index in [0.29, 0.717) is 5.92 Å². The summed E-state index contributed by atoms with van der Waals surface area (Å²) < 4.78 is 6.73. The smallest absolute Gasteiger partial charge is 0.149 e. The second kappa shape index (κ2) is 10.6. The highest BCUT2D eigenvalue weighted by molar-refractivity contribution is 5.97. The Morgan fingerprint density at radius 1 is 0.569 bits per heavy atom. The van der Waals surface area contributed by atoms with Crippen molar-refractivity contribution in [3.63, 3.8) is 0 Å². The van der Waals surface area contributed by atoms with Gasteiger partial charge in [0.1, 0.15) is 11.9 Å². The van der Waals surface area contributed by atoms with Crippen molar-refractivity contribution in [2.45, 2.75) is 70.4 Å². The van der Waals surface area contributed by atoms with Crippen molar-refractivity contribution in [1.82, 2.24) is 0 Å². The van der Waals surface area contributed by atoms with E-state index in [1.54, 1.807) is 0 Å². The van der Waals surface area contributed by atoms with Crippen LogP contribution in [0, 0.1) is 0 Å².